The zero-order valence-corrected chi connectivity index (χ0v) is 20.8. The summed E-state index contributed by atoms with van der Waals surface area (Å²) in [4.78, 5) is 7.51. The van der Waals surface area contributed by atoms with Crippen molar-refractivity contribution < 1.29 is 0 Å². The minimum Gasteiger partial charge on any atom is -0.378 e. The van der Waals surface area contributed by atoms with E-state index in [1.54, 1.807) is 5.56 Å². The monoisotopic (exact) mass is 463 g/mol. The highest BCUT2D eigenvalue weighted by Crippen LogP contribution is 2.37. The molecule has 0 aliphatic carbocycles. The van der Waals surface area contributed by atoms with Crippen LogP contribution < -0.4 is 15.5 Å². The van der Waals surface area contributed by atoms with Crippen molar-refractivity contribution in [3.05, 3.63) is 59.7 Å². The molecule has 4 atom stereocenters. The molecule has 4 aliphatic rings. The fourth-order valence-electron chi connectivity index (χ4n) is 5.94. The second-order valence-corrected chi connectivity index (χ2v) is 10.6. The van der Waals surface area contributed by atoms with Gasteiger partial charge >= 0.3 is 0 Å². The minimum atomic E-state index is 0.595. The van der Waals surface area contributed by atoms with Crippen LogP contribution in [0.5, 0.6) is 0 Å². The normalized spacial score (nSPS) is 26.5. The van der Waals surface area contributed by atoms with Crippen LogP contribution in [0.1, 0.15) is 24.0 Å². The van der Waals surface area contributed by atoms with E-state index in [1.807, 2.05) is 0 Å². The average molecular weight is 464 g/mol. The summed E-state index contributed by atoms with van der Waals surface area (Å²) in [6.45, 7) is 6.99. The number of hydrogen-bond acceptors (Lipinski definition) is 4. The molecule has 176 valence electrons. The maximum atomic E-state index is 5.58. The number of fused-ring (bicyclic) bond motifs is 4. The highest BCUT2D eigenvalue weighted by molar-refractivity contribution is 7.80. The Morgan fingerprint density at radius 2 is 1.85 bits per heavy atom. The van der Waals surface area contributed by atoms with E-state index in [2.05, 4.69) is 88.0 Å². The average Bonchev–Trinajstić information content (AvgIpc) is 2.83. The number of rotatable bonds is 6. The lowest BCUT2D eigenvalue weighted by Crippen LogP contribution is -2.58. The first kappa shape index (κ1) is 22.6. The lowest BCUT2D eigenvalue weighted by molar-refractivity contribution is -0.0120. The zero-order valence-electron chi connectivity index (χ0n) is 20.0. The van der Waals surface area contributed by atoms with Crippen LogP contribution in [0.25, 0.3) is 0 Å². The topological polar surface area (TPSA) is 33.8 Å². The van der Waals surface area contributed by atoms with Crippen molar-refractivity contribution in [3.63, 3.8) is 0 Å². The Morgan fingerprint density at radius 1 is 1.06 bits per heavy atom. The van der Waals surface area contributed by atoms with Crippen LogP contribution in [0.2, 0.25) is 0 Å². The Bertz CT molecular complexity index is 959. The fraction of sp³-hybridized carbons (Fsp3) is 0.519. The number of hydrogen-bond donors (Lipinski definition) is 2. The molecule has 4 heterocycles. The third-order valence-corrected chi connectivity index (χ3v) is 8.10. The highest BCUT2D eigenvalue weighted by atomic mass is 32.1. The molecule has 0 saturated carbocycles. The van der Waals surface area contributed by atoms with Gasteiger partial charge in [-0.1, -0.05) is 24.3 Å². The molecule has 2 bridgehead atoms. The quantitative estimate of drug-likeness (QED) is 0.634. The number of nitrogens with one attached hydrogen (secondary N) is 2. The van der Waals surface area contributed by atoms with Crippen molar-refractivity contribution in [1.82, 2.24) is 15.1 Å². The van der Waals surface area contributed by atoms with Gasteiger partial charge in [0.1, 0.15) is 0 Å². The van der Waals surface area contributed by atoms with Gasteiger partial charge in [0.2, 0.25) is 0 Å². The summed E-state index contributed by atoms with van der Waals surface area (Å²) in [5.41, 5.74) is 5.30. The SMILES string of the molecule is CN(C)c1ccc(NC(=S)NCC2CC3CCN2CC3CN2CCc3ccccc3C2)cc1. The summed E-state index contributed by atoms with van der Waals surface area (Å²) in [7, 11) is 4.11. The molecular formula is C27H37N5S. The first-order chi connectivity index (χ1) is 16.0. The van der Waals surface area contributed by atoms with Gasteiger partial charge in [-0.2, -0.15) is 0 Å². The van der Waals surface area contributed by atoms with Crippen LogP contribution >= 0.6 is 12.2 Å². The number of piperidine rings is 3. The number of nitrogens with zero attached hydrogens (tertiary/aromatic N) is 3. The maximum Gasteiger partial charge on any atom is 0.170 e. The standard InChI is InChI=1S/C27H37N5S/c1-30(2)25-9-7-24(8-10-25)29-27(33)28-16-26-15-21-12-14-32(26)19-23(21)18-31-13-11-20-5-3-4-6-22(20)17-31/h3-10,21,23,26H,11-19H2,1-2H3,(H2,28,29,33). The molecule has 0 spiro atoms. The fourth-order valence-corrected chi connectivity index (χ4v) is 6.14. The molecule has 3 saturated heterocycles. The van der Waals surface area contributed by atoms with E-state index in [0.717, 1.165) is 35.7 Å². The molecule has 0 amide bonds. The van der Waals surface area contributed by atoms with Crippen molar-refractivity contribution in [3.8, 4) is 0 Å². The minimum absolute atomic E-state index is 0.595. The molecule has 3 fully saturated rings. The van der Waals surface area contributed by atoms with Gasteiger partial charge in [0.05, 0.1) is 0 Å². The van der Waals surface area contributed by atoms with Crippen LogP contribution in [0.4, 0.5) is 11.4 Å². The van der Waals surface area contributed by atoms with Crippen LogP contribution in [-0.2, 0) is 13.0 Å². The predicted octanol–water partition coefficient (Wildman–Crippen LogP) is 3.81. The van der Waals surface area contributed by atoms with Crippen LogP contribution in [0.3, 0.4) is 0 Å². The first-order valence-corrected chi connectivity index (χ1v) is 12.8. The molecular weight excluding hydrogens is 426 g/mol. The van der Waals surface area contributed by atoms with Gasteiger partial charge in [0.15, 0.2) is 5.11 Å². The van der Waals surface area contributed by atoms with Gasteiger partial charge in [0, 0.05) is 64.2 Å². The summed E-state index contributed by atoms with van der Waals surface area (Å²) in [5.74, 6) is 1.65. The van der Waals surface area contributed by atoms with Gasteiger partial charge in [0.25, 0.3) is 0 Å². The van der Waals surface area contributed by atoms with Crippen molar-refractivity contribution >= 4 is 28.7 Å². The molecule has 2 N–H and O–H groups in total. The molecule has 6 heteroatoms. The van der Waals surface area contributed by atoms with Gasteiger partial charge in [-0.15, -0.1) is 0 Å². The smallest absolute Gasteiger partial charge is 0.170 e. The van der Waals surface area contributed by atoms with E-state index in [-0.39, 0.29) is 0 Å². The van der Waals surface area contributed by atoms with E-state index in [4.69, 9.17) is 12.2 Å². The van der Waals surface area contributed by atoms with Crippen LogP contribution in [0, 0.1) is 11.8 Å². The summed E-state index contributed by atoms with van der Waals surface area (Å²) in [6, 6.07) is 18.0. The summed E-state index contributed by atoms with van der Waals surface area (Å²) < 4.78 is 0. The van der Waals surface area contributed by atoms with E-state index >= 15 is 0 Å². The summed E-state index contributed by atoms with van der Waals surface area (Å²) >= 11 is 5.58. The number of benzene rings is 2. The molecule has 0 radical (unpaired) electrons. The predicted molar refractivity (Wildman–Crippen MR) is 142 cm³/mol. The van der Waals surface area contributed by atoms with Gasteiger partial charge < -0.3 is 15.5 Å². The molecule has 33 heavy (non-hydrogen) atoms. The molecule has 6 rings (SSSR count). The number of thiocarbonyl (C=S) groups is 1. The van der Waals surface area contributed by atoms with Gasteiger partial charge in [-0.3, -0.25) is 9.80 Å². The maximum absolute atomic E-state index is 5.58. The van der Waals surface area contributed by atoms with Crippen molar-refractivity contribution in [2.24, 2.45) is 11.8 Å². The summed E-state index contributed by atoms with van der Waals surface area (Å²) in [5, 5.41) is 7.55. The molecule has 2 aromatic rings. The summed E-state index contributed by atoms with van der Waals surface area (Å²) in [6.07, 6.45) is 3.85. The first-order valence-electron chi connectivity index (χ1n) is 12.4. The molecule has 2 aromatic carbocycles. The van der Waals surface area contributed by atoms with Crippen LogP contribution in [-0.4, -0.2) is 67.8 Å². The molecule has 4 aliphatic heterocycles. The third kappa shape index (κ3) is 5.34. The molecule has 0 aromatic heterocycles. The Balaban J connectivity index is 1.09. The second kappa shape index (κ2) is 10.00. The zero-order chi connectivity index (χ0) is 22.8. The van der Waals surface area contributed by atoms with E-state index in [0.29, 0.717) is 6.04 Å². The van der Waals surface area contributed by atoms with Crippen molar-refractivity contribution in [1.29, 1.82) is 0 Å². The lowest BCUT2D eigenvalue weighted by atomic mass is 9.75. The Kier molecular flexibility index (Phi) is 6.86. The lowest BCUT2D eigenvalue weighted by Gasteiger charge is -2.51. The van der Waals surface area contributed by atoms with E-state index < -0.39 is 0 Å². The Hall–Kier alpha value is -2.15. The Morgan fingerprint density at radius 3 is 2.58 bits per heavy atom. The highest BCUT2D eigenvalue weighted by Gasteiger charge is 2.40. The second-order valence-electron chi connectivity index (χ2n) is 10.2. The van der Waals surface area contributed by atoms with Gasteiger partial charge in [-0.05, 0) is 85.3 Å². The number of anilines is 2. The van der Waals surface area contributed by atoms with Crippen LogP contribution in [0.15, 0.2) is 48.5 Å². The largest absolute Gasteiger partial charge is 0.378 e. The van der Waals surface area contributed by atoms with E-state index in [9.17, 15) is 0 Å². The van der Waals surface area contributed by atoms with Gasteiger partial charge in [-0.25, -0.2) is 0 Å². The molecule has 5 nitrogen and oxygen atoms in total. The Labute approximate surface area is 204 Å². The molecule has 4 unspecified atom stereocenters. The van der Waals surface area contributed by atoms with E-state index in [1.165, 1.54) is 56.7 Å². The third-order valence-electron chi connectivity index (χ3n) is 7.86. The van der Waals surface area contributed by atoms with Crippen molar-refractivity contribution in [2.45, 2.75) is 31.8 Å². The van der Waals surface area contributed by atoms with Crippen molar-refractivity contribution in [2.75, 3.05) is 57.0 Å².